The van der Waals surface area contributed by atoms with E-state index in [0.717, 1.165) is 51.0 Å². The summed E-state index contributed by atoms with van der Waals surface area (Å²) in [7, 11) is 0. The number of amides is 1. The number of hydrogen-bond acceptors (Lipinski definition) is 3. The molecule has 0 spiro atoms. The first-order valence-corrected chi connectivity index (χ1v) is 9.43. The summed E-state index contributed by atoms with van der Waals surface area (Å²) in [5, 5.41) is 14.6. The Balaban J connectivity index is 0.00000225. The maximum atomic E-state index is 12.4. The van der Waals surface area contributed by atoms with Crippen LogP contribution in [0.2, 0.25) is 5.02 Å². The largest absolute Gasteiger partial charge is 0.388 e. The van der Waals surface area contributed by atoms with E-state index < -0.39 is 6.10 Å². The van der Waals surface area contributed by atoms with Gasteiger partial charge in [-0.05, 0) is 68.3 Å². The Kier molecular flexibility index (Phi) is 8.01. The average Bonchev–Trinajstić information content (AvgIpc) is 3.13. The van der Waals surface area contributed by atoms with Gasteiger partial charge in [0.15, 0.2) is 0 Å². The van der Waals surface area contributed by atoms with E-state index in [9.17, 15) is 9.90 Å². The normalized spacial score (nSPS) is 22.5. The fourth-order valence-corrected chi connectivity index (χ4v) is 3.97. The van der Waals surface area contributed by atoms with Crippen LogP contribution in [0, 0.1) is 11.8 Å². The number of aliphatic hydroxyl groups is 1. The topological polar surface area (TPSA) is 52.6 Å². The van der Waals surface area contributed by atoms with Crippen molar-refractivity contribution in [1.82, 2.24) is 10.2 Å². The number of carbonyl (C=O) groups is 1. The summed E-state index contributed by atoms with van der Waals surface area (Å²) in [6.07, 6.45) is 4.11. The quantitative estimate of drug-likeness (QED) is 0.814. The maximum Gasteiger partial charge on any atom is 0.222 e. The predicted octanol–water partition coefficient (Wildman–Crippen LogP) is 3.42. The minimum absolute atomic E-state index is 0. The molecule has 1 amide bonds. The molecule has 1 aromatic carbocycles. The molecule has 0 aromatic heterocycles. The Hall–Kier alpha value is -0.810. The molecule has 2 heterocycles. The highest BCUT2D eigenvalue weighted by Gasteiger charge is 2.28. The zero-order valence-corrected chi connectivity index (χ0v) is 16.1. The molecular weight excluding hydrogens is 359 g/mol. The average molecular weight is 387 g/mol. The van der Waals surface area contributed by atoms with Crippen LogP contribution in [0.15, 0.2) is 24.3 Å². The highest BCUT2D eigenvalue weighted by Crippen LogP contribution is 2.31. The Labute approximate surface area is 161 Å². The molecule has 0 radical (unpaired) electrons. The molecule has 2 saturated heterocycles. The number of likely N-dealkylation sites (tertiary alicyclic amines) is 1. The van der Waals surface area contributed by atoms with Crippen molar-refractivity contribution in [3.05, 3.63) is 34.9 Å². The monoisotopic (exact) mass is 386 g/mol. The van der Waals surface area contributed by atoms with Gasteiger partial charge >= 0.3 is 0 Å². The van der Waals surface area contributed by atoms with Crippen LogP contribution in [0.5, 0.6) is 0 Å². The highest BCUT2D eigenvalue weighted by molar-refractivity contribution is 6.30. The van der Waals surface area contributed by atoms with Crippen molar-refractivity contribution in [3.8, 4) is 0 Å². The van der Waals surface area contributed by atoms with E-state index >= 15 is 0 Å². The molecule has 1 aromatic rings. The smallest absolute Gasteiger partial charge is 0.222 e. The molecule has 2 atom stereocenters. The van der Waals surface area contributed by atoms with E-state index in [2.05, 4.69) is 5.32 Å². The summed E-state index contributed by atoms with van der Waals surface area (Å²) in [5.41, 5.74) is 0.915. The second kappa shape index (κ2) is 9.77. The van der Waals surface area contributed by atoms with Gasteiger partial charge in [0.25, 0.3) is 0 Å². The molecule has 25 heavy (non-hydrogen) atoms. The number of benzene rings is 1. The molecule has 2 aliphatic rings. The van der Waals surface area contributed by atoms with E-state index in [1.54, 1.807) is 0 Å². The molecule has 4 nitrogen and oxygen atoms in total. The van der Waals surface area contributed by atoms with Crippen molar-refractivity contribution in [2.45, 2.75) is 38.2 Å². The molecule has 2 N–H and O–H groups in total. The van der Waals surface area contributed by atoms with Crippen LogP contribution in [-0.2, 0) is 4.79 Å². The Bertz CT molecular complexity index is 539. The van der Waals surface area contributed by atoms with Crippen LogP contribution in [0.4, 0.5) is 0 Å². The van der Waals surface area contributed by atoms with Gasteiger partial charge in [-0.15, -0.1) is 12.4 Å². The molecule has 0 saturated carbocycles. The van der Waals surface area contributed by atoms with Crippen LogP contribution >= 0.6 is 24.0 Å². The van der Waals surface area contributed by atoms with Gasteiger partial charge in [-0.2, -0.15) is 0 Å². The van der Waals surface area contributed by atoms with E-state index in [1.807, 2.05) is 29.2 Å². The fraction of sp³-hybridized carbons (Fsp3) is 0.632. The summed E-state index contributed by atoms with van der Waals surface area (Å²) >= 11 is 5.90. The molecule has 0 aliphatic carbocycles. The molecule has 0 bridgehead atoms. The number of nitrogens with one attached hydrogen (secondary N) is 1. The van der Waals surface area contributed by atoms with Crippen LogP contribution in [0.3, 0.4) is 0 Å². The first kappa shape index (κ1) is 20.5. The molecule has 6 heteroatoms. The van der Waals surface area contributed by atoms with E-state index in [0.29, 0.717) is 17.4 Å². The first-order valence-electron chi connectivity index (χ1n) is 9.05. The Morgan fingerprint density at radius 3 is 2.52 bits per heavy atom. The lowest BCUT2D eigenvalue weighted by Gasteiger charge is -2.34. The number of nitrogens with zero attached hydrogens (tertiary/aromatic N) is 1. The maximum absolute atomic E-state index is 12.4. The van der Waals surface area contributed by atoms with E-state index in [-0.39, 0.29) is 24.2 Å². The number of piperidine rings is 1. The van der Waals surface area contributed by atoms with Gasteiger partial charge in [0.1, 0.15) is 0 Å². The SMILES string of the molecule is Cl.O=C(CCC1CCNC1)N1CCC(C(O)c2ccc(Cl)cc2)CC1. The van der Waals surface area contributed by atoms with Crippen molar-refractivity contribution >= 4 is 29.9 Å². The molecule has 2 unspecified atom stereocenters. The third-order valence-corrected chi connectivity index (χ3v) is 5.73. The van der Waals surface area contributed by atoms with Gasteiger partial charge in [0.05, 0.1) is 6.10 Å². The molecule has 3 rings (SSSR count). The van der Waals surface area contributed by atoms with Crippen LogP contribution in [-0.4, -0.2) is 42.1 Å². The van der Waals surface area contributed by atoms with Crippen molar-refractivity contribution < 1.29 is 9.90 Å². The predicted molar refractivity (Wildman–Crippen MR) is 103 cm³/mol. The number of aliphatic hydroxyl groups excluding tert-OH is 1. The van der Waals surface area contributed by atoms with E-state index in [1.165, 1.54) is 6.42 Å². The molecule has 140 valence electrons. The lowest BCUT2D eigenvalue weighted by Crippen LogP contribution is -2.39. The van der Waals surface area contributed by atoms with Crippen molar-refractivity contribution in [1.29, 1.82) is 0 Å². The van der Waals surface area contributed by atoms with Gasteiger partial charge in [0, 0.05) is 24.5 Å². The second-order valence-electron chi connectivity index (χ2n) is 7.11. The zero-order valence-electron chi connectivity index (χ0n) is 14.5. The fourth-order valence-electron chi connectivity index (χ4n) is 3.84. The zero-order chi connectivity index (χ0) is 16.9. The van der Waals surface area contributed by atoms with Crippen LogP contribution < -0.4 is 5.32 Å². The molecule has 2 fully saturated rings. The molecular formula is C19H28Cl2N2O2. The van der Waals surface area contributed by atoms with Crippen molar-refractivity contribution in [2.75, 3.05) is 26.2 Å². The Morgan fingerprint density at radius 2 is 1.92 bits per heavy atom. The second-order valence-corrected chi connectivity index (χ2v) is 7.55. The summed E-state index contributed by atoms with van der Waals surface area (Å²) in [5.74, 6) is 1.16. The van der Waals surface area contributed by atoms with Gasteiger partial charge in [-0.1, -0.05) is 23.7 Å². The highest BCUT2D eigenvalue weighted by atomic mass is 35.5. The third kappa shape index (κ3) is 5.58. The number of rotatable bonds is 5. The van der Waals surface area contributed by atoms with Crippen molar-refractivity contribution in [3.63, 3.8) is 0 Å². The molecule has 2 aliphatic heterocycles. The van der Waals surface area contributed by atoms with Gasteiger partial charge in [0.2, 0.25) is 5.91 Å². The minimum Gasteiger partial charge on any atom is -0.388 e. The van der Waals surface area contributed by atoms with Crippen LogP contribution in [0.25, 0.3) is 0 Å². The van der Waals surface area contributed by atoms with Gasteiger partial charge in [-0.3, -0.25) is 4.79 Å². The number of halogens is 2. The lowest BCUT2D eigenvalue weighted by molar-refractivity contribution is -0.133. The van der Waals surface area contributed by atoms with Gasteiger partial charge < -0.3 is 15.3 Å². The standard InChI is InChI=1S/C19H27ClN2O2.ClH/c20-17-4-2-15(3-5-17)19(24)16-8-11-22(12-9-16)18(23)6-1-14-7-10-21-13-14;/h2-5,14,16,19,21,24H,1,6-13H2;1H. The lowest BCUT2D eigenvalue weighted by atomic mass is 9.87. The Morgan fingerprint density at radius 1 is 1.24 bits per heavy atom. The summed E-state index contributed by atoms with van der Waals surface area (Å²) in [4.78, 5) is 14.3. The van der Waals surface area contributed by atoms with Crippen LogP contribution in [0.1, 0.15) is 43.8 Å². The van der Waals surface area contributed by atoms with Crippen molar-refractivity contribution in [2.24, 2.45) is 11.8 Å². The summed E-state index contributed by atoms with van der Waals surface area (Å²) in [6, 6.07) is 7.41. The summed E-state index contributed by atoms with van der Waals surface area (Å²) in [6.45, 7) is 3.67. The third-order valence-electron chi connectivity index (χ3n) is 5.48. The number of carbonyl (C=O) groups excluding carboxylic acids is 1. The van der Waals surface area contributed by atoms with E-state index in [4.69, 9.17) is 11.6 Å². The first-order chi connectivity index (χ1) is 11.6. The summed E-state index contributed by atoms with van der Waals surface area (Å²) < 4.78 is 0. The number of hydrogen-bond donors (Lipinski definition) is 2. The van der Waals surface area contributed by atoms with Gasteiger partial charge in [-0.25, -0.2) is 0 Å². The minimum atomic E-state index is -0.468.